The Balaban J connectivity index is 2.10. The number of hydrogen-bond donors (Lipinski definition) is 0. The number of fused-ring (bicyclic) bond motifs is 2. The number of para-hydroxylation sites is 1. The van der Waals surface area contributed by atoms with E-state index in [0.29, 0.717) is 16.6 Å². The molecule has 4 aromatic rings. The van der Waals surface area contributed by atoms with Crippen molar-refractivity contribution >= 4 is 21.8 Å². The van der Waals surface area contributed by atoms with Crippen LogP contribution in [0.4, 0.5) is 13.2 Å². The Morgan fingerprint density at radius 3 is 2.54 bits per heavy atom. The summed E-state index contributed by atoms with van der Waals surface area (Å²) in [5, 5.41) is 1.66. The van der Waals surface area contributed by atoms with Gasteiger partial charge in [0.1, 0.15) is 5.69 Å². The van der Waals surface area contributed by atoms with Crippen molar-refractivity contribution in [2.75, 3.05) is 0 Å². The molecule has 0 saturated carbocycles. The van der Waals surface area contributed by atoms with Gasteiger partial charge in [-0.25, -0.2) is 4.98 Å². The molecule has 2 aromatic heterocycles. The summed E-state index contributed by atoms with van der Waals surface area (Å²) in [5.74, 6) is 0. The van der Waals surface area contributed by atoms with Crippen LogP contribution < -0.4 is 0 Å². The first-order valence-corrected chi connectivity index (χ1v) is 7.48. The average Bonchev–Trinajstić information content (AvgIpc) is 2.96. The van der Waals surface area contributed by atoms with Gasteiger partial charge in [0.2, 0.25) is 0 Å². The molecule has 24 heavy (non-hydrogen) atoms. The first kappa shape index (κ1) is 14.8. The van der Waals surface area contributed by atoms with Crippen LogP contribution in [0.5, 0.6) is 0 Å². The van der Waals surface area contributed by atoms with E-state index < -0.39 is 11.9 Å². The first-order valence-electron chi connectivity index (χ1n) is 7.48. The van der Waals surface area contributed by atoms with Gasteiger partial charge in [-0.05, 0) is 42.1 Å². The van der Waals surface area contributed by atoms with Crippen molar-refractivity contribution in [3.8, 4) is 5.69 Å². The summed E-state index contributed by atoms with van der Waals surface area (Å²) in [4.78, 5) is 3.82. The van der Waals surface area contributed by atoms with Crippen LogP contribution in [-0.2, 0) is 6.18 Å². The Morgan fingerprint density at radius 1 is 0.958 bits per heavy atom. The van der Waals surface area contributed by atoms with Crippen LogP contribution in [0.15, 0.2) is 60.8 Å². The zero-order valence-electron chi connectivity index (χ0n) is 12.8. The van der Waals surface area contributed by atoms with Crippen LogP contribution in [0, 0.1) is 6.92 Å². The molecule has 0 fully saturated rings. The molecule has 0 unspecified atom stereocenters. The number of aryl methyl sites for hydroxylation is 1. The van der Waals surface area contributed by atoms with Gasteiger partial charge in [-0.15, -0.1) is 0 Å². The van der Waals surface area contributed by atoms with Crippen molar-refractivity contribution in [3.05, 3.63) is 72.1 Å². The third kappa shape index (κ3) is 2.33. The molecule has 0 amide bonds. The summed E-state index contributed by atoms with van der Waals surface area (Å²) in [6, 6.07) is 16.0. The van der Waals surface area contributed by atoms with Gasteiger partial charge in [-0.3, -0.25) is 0 Å². The summed E-state index contributed by atoms with van der Waals surface area (Å²) in [5.41, 5.74) is 1.68. The fraction of sp³-hybridized carbons (Fsp3) is 0.105. The highest BCUT2D eigenvalue weighted by molar-refractivity contribution is 5.91. The summed E-state index contributed by atoms with van der Waals surface area (Å²) >= 11 is 0. The molecule has 5 heteroatoms. The maximum Gasteiger partial charge on any atom is 0.433 e. The van der Waals surface area contributed by atoms with Crippen LogP contribution in [0.2, 0.25) is 0 Å². The Hall–Kier alpha value is -2.82. The van der Waals surface area contributed by atoms with E-state index in [9.17, 15) is 13.2 Å². The predicted octanol–water partition coefficient (Wildman–Crippen LogP) is 5.51. The fourth-order valence-corrected chi connectivity index (χ4v) is 2.96. The average molecular weight is 326 g/mol. The molecule has 0 saturated heterocycles. The molecule has 2 aromatic carbocycles. The Morgan fingerprint density at radius 2 is 1.75 bits per heavy atom. The topological polar surface area (TPSA) is 17.8 Å². The van der Waals surface area contributed by atoms with E-state index >= 15 is 0 Å². The molecular weight excluding hydrogens is 313 g/mol. The number of nitrogens with zero attached hydrogens (tertiary/aromatic N) is 2. The summed E-state index contributed by atoms with van der Waals surface area (Å²) in [6.07, 6.45) is -2.70. The number of alkyl halides is 3. The van der Waals surface area contributed by atoms with Gasteiger partial charge in [0.25, 0.3) is 0 Å². The molecule has 2 heterocycles. The number of benzene rings is 2. The van der Waals surface area contributed by atoms with Gasteiger partial charge >= 0.3 is 6.18 Å². The SMILES string of the molecule is Cc1ccc2c(-n3ccc4ccccc43)cc(C(F)(F)F)nc2c1. The number of hydrogen-bond acceptors (Lipinski definition) is 1. The van der Waals surface area contributed by atoms with Crippen molar-refractivity contribution in [2.45, 2.75) is 13.1 Å². The number of halogens is 3. The van der Waals surface area contributed by atoms with E-state index in [2.05, 4.69) is 4.98 Å². The van der Waals surface area contributed by atoms with Crippen LogP contribution in [0.1, 0.15) is 11.3 Å². The number of pyridine rings is 1. The molecule has 0 radical (unpaired) electrons. The third-order valence-corrected chi connectivity index (χ3v) is 4.09. The zero-order valence-corrected chi connectivity index (χ0v) is 12.8. The normalized spacial score (nSPS) is 12.2. The van der Waals surface area contributed by atoms with Crippen LogP contribution >= 0.6 is 0 Å². The first-order chi connectivity index (χ1) is 11.4. The molecular formula is C19H13F3N2. The van der Waals surface area contributed by atoms with E-state index in [1.54, 1.807) is 16.8 Å². The smallest absolute Gasteiger partial charge is 0.316 e. The molecule has 2 nitrogen and oxygen atoms in total. The number of aromatic nitrogens is 2. The van der Waals surface area contributed by atoms with Crippen LogP contribution in [0.3, 0.4) is 0 Å². The molecule has 0 aliphatic rings. The lowest BCUT2D eigenvalue weighted by atomic mass is 10.1. The lowest BCUT2D eigenvalue weighted by molar-refractivity contribution is -0.140. The lowest BCUT2D eigenvalue weighted by Gasteiger charge is -2.14. The van der Waals surface area contributed by atoms with Gasteiger partial charge in [0.05, 0.1) is 16.7 Å². The van der Waals surface area contributed by atoms with Gasteiger partial charge in [0, 0.05) is 11.6 Å². The maximum absolute atomic E-state index is 13.3. The maximum atomic E-state index is 13.3. The summed E-state index contributed by atoms with van der Waals surface area (Å²) < 4.78 is 41.6. The van der Waals surface area contributed by atoms with Gasteiger partial charge in [-0.1, -0.05) is 30.3 Å². The second kappa shape index (κ2) is 5.09. The van der Waals surface area contributed by atoms with E-state index in [1.165, 1.54) is 0 Å². The quantitative estimate of drug-likeness (QED) is 0.451. The van der Waals surface area contributed by atoms with Crippen molar-refractivity contribution < 1.29 is 13.2 Å². The number of rotatable bonds is 1. The third-order valence-electron chi connectivity index (χ3n) is 4.09. The van der Waals surface area contributed by atoms with Crippen molar-refractivity contribution in [2.24, 2.45) is 0 Å². The lowest BCUT2D eigenvalue weighted by Crippen LogP contribution is -2.10. The van der Waals surface area contributed by atoms with E-state index in [0.717, 1.165) is 22.5 Å². The zero-order chi connectivity index (χ0) is 16.9. The van der Waals surface area contributed by atoms with Crippen LogP contribution in [-0.4, -0.2) is 9.55 Å². The molecule has 0 bridgehead atoms. The van der Waals surface area contributed by atoms with E-state index in [4.69, 9.17) is 0 Å². The Labute approximate surface area is 136 Å². The molecule has 120 valence electrons. The van der Waals surface area contributed by atoms with Gasteiger partial charge in [0.15, 0.2) is 0 Å². The summed E-state index contributed by atoms with van der Waals surface area (Å²) in [7, 11) is 0. The minimum absolute atomic E-state index is 0.345. The molecule has 4 rings (SSSR count). The van der Waals surface area contributed by atoms with Crippen LogP contribution in [0.25, 0.3) is 27.5 Å². The minimum Gasteiger partial charge on any atom is -0.316 e. The highest BCUT2D eigenvalue weighted by Gasteiger charge is 2.33. The predicted molar refractivity (Wildman–Crippen MR) is 88.3 cm³/mol. The highest BCUT2D eigenvalue weighted by atomic mass is 19.4. The molecule has 0 atom stereocenters. The van der Waals surface area contributed by atoms with Gasteiger partial charge in [-0.2, -0.15) is 13.2 Å². The highest BCUT2D eigenvalue weighted by Crippen LogP contribution is 2.34. The second-order valence-corrected chi connectivity index (χ2v) is 5.79. The monoisotopic (exact) mass is 326 g/mol. The van der Waals surface area contributed by atoms with Crippen molar-refractivity contribution in [1.82, 2.24) is 9.55 Å². The van der Waals surface area contributed by atoms with Crippen molar-refractivity contribution in [1.29, 1.82) is 0 Å². The fourth-order valence-electron chi connectivity index (χ4n) is 2.96. The second-order valence-electron chi connectivity index (χ2n) is 5.79. The Kier molecular flexibility index (Phi) is 3.13. The largest absolute Gasteiger partial charge is 0.433 e. The van der Waals surface area contributed by atoms with E-state index in [1.807, 2.05) is 49.4 Å². The standard InChI is InChI=1S/C19H13F3N2/c1-12-6-7-14-15(10-12)23-18(19(20,21)22)11-17(14)24-9-8-13-4-2-3-5-16(13)24/h2-11H,1H3. The molecule has 0 aliphatic carbocycles. The molecule has 0 N–H and O–H groups in total. The molecule has 0 spiro atoms. The summed E-state index contributed by atoms with van der Waals surface area (Å²) in [6.45, 7) is 1.84. The van der Waals surface area contributed by atoms with Crippen molar-refractivity contribution in [3.63, 3.8) is 0 Å². The van der Waals surface area contributed by atoms with Gasteiger partial charge < -0.3 is 4.57 Å². The Bertz CT molecular complexity index is 1060. The van der Waals surface area contributed by atoms with E-state index in [-0.39, 0.29) is 0 Å². The minimum atomic E-state index is -4.49. The molecule has 0 aliphatic heterocycles.